The Balaban J connectivity index is 1.18. The predicted octanol–water partition coefficient (Wildman–Crippen LogP) is 3.59. The summed E-state index contributed by atoms with van der Waals surface area (Å²) in [5, 5.41) is 0. The highest BCUT2D eigenvalue weighted by Gasteiger charge is 2.31. The molecule has 0 saturated carbocycles. The summed E-state index contributed by atoms with van der Waals surface area (Å²) in [6.45, 7) is 6.74. The predicted molar refractivity (Wildman–Crippen MR) is 120 cm³/mol. The number of pyridine rings is 1. The van der Waals surface area contributed by atoms with Gasteiger partial charge < -0.3 is 9.88 Å². The van der Waals surface area contributed by atoms with Crippen molar-refractivity contribution in [3.05, 3.63) is 64.8 Å². The molecule has 2 aliphatic heterocycles. The number of nitrogens with zero attached hydrogens (tertiary/aromatic N) is 4. The minimum absolute atomic E-state index is 0.0346. The Bertz CT molecular complexity index is 1030. The maximum Gasteiger partial charge on any atom is 0.326 e. The van der Waals surface area contributed by atoms with Gasteiger partial charge in [0.15, 0.2) is 0 Å². The van der Waals surface area contributed by atoms with Crippen molar-refractivity contribution in [3.63, 3.8) is 0 Å². The molecule has 2 fully saturated rings. The van der Waals surface area contributed by atoms with Crippen LogP contribution >= 0.6 is 0 Å². The SMILES string of the molecule is CC(c1cccnc1)N1CCC(N2CCC(n3c(=O)[nH]c4ccccc43)CC2)CC1. The Labute approximate surface area is 177 Å². The van der Waals surface area contributed by atoms with Crippen molar-refractivity contribution in [2.45, 2.75) is 50.7 Å². The molecule has 0 bridgehead atoms. The standard InChI is InChI=1S/C24H31N5O/c1-18(19-5-4-12-25-17-19)27-13-8-20(9-14-27)28-15-10-21(11-16-28)29-23-7-3-2-6-22(23)26-24(29)30/h2-7,12,17-18,20-21H,8-11,13-16H2,1H3,(H,26,30). The maximum atomic E-state index is 12.5. The smallest absolute Gasteiger partial charge is 0.306 e. The van der Waals surface area contributed by atoms with Crippen LogP contribution < -0.4 is 5.69 Å². The van der Waals surface area contributed by atoms with Crippen molar-refractivity contribution in [3.8, 4) is 0 Å². The minimum Gasteiger partial charge on any atom is -0.306 e. The van der Waals surface area contributed by atoms with E-state index in [1.165, 1.54) is 18.4 Å². The summed E-state index contributed by atoms with van der Waals surface area (Å²) in [5.41, 5.74) is 3.33. The molecule has 6 nitrogen and oxygen atoms in total. The number of rotatable bonds is 4. The summed E-state index contributed by atoms with van der Waals surface area (Å²) in [6, 6.07) is 13.6. The van der Waals surface area contributed by atoms with E-state index in [1.807, 2.05) is 41.2 Å². The Morgan fingerprint density at radius 3 is 2.43 bits per heavy atom. The van der Waals surface area contributed by atoms with Gasteiger partial charge in [-0.1, -0.05) is 18.2 Å². The van der Waals surface area contributed by atoms with Gasteiger partial charge in [-0.05, 0) is 56.4 Å². The van der Waals surface area contributed by atoms with Gasteiger partial charge in [0.25, 0.3) is 0 Å². The van der Waals surface area contributed by atoms with Gasteiger partial charge in [0.05, 0.1) is 11.0 Å². The Hall–Kier alpha value is -2.44. The zero-order chi connectivity index (χ0) is 20.5. The molecule has 5 rings (SSSR count). The molecule has 0 aliphatic carbocycles. The summed E-state index contributed by atoms with van der Waals surface area (Å²) < 4.78 is 1.99. The second-order valence-electron chi connectivity index (χ2n) is 8.81. The third-order valence-electron chi connectivity index (χ3n) is 7.22. The van der Waals surface area contributed by atoms with Crippen molar-refractivity contribution < 1.29 is 0 Å². The number of likely N-dealkylation sites (tertiary alicyclic amines) is 2. The van der Waals surface area contributed by atoms with Gasteiger partial charge in [0, 0.05) is 56.7 Å². The first-order chi connectivity index (χ1) is 14.7. The lowest BCUT2D eigenvalue weighted by Crippen LogP contribution is -2.48. The Morgan fingerprint density at radius 1 is 0.967 bits per heavy atom. The van der Waals surface area contributed by atoms with E-state index < -0.39 is 0 Å². The summed E-state index contributed by atoms with van der Waals surface area (Å²) in [7, 11) is 0. The lowest BCUT2D eigenvalue weighted by atomic mass is 9.96. The Morgan fingerprint density at radius 2 is 1.70 bits per heavy atom. The monoisotopic (exact) mass is 405 g/mol. The quantitative estimate of drug-likeness (QED) is 0.721. The lowest BCUT2D eigenvalue weighted by Gasteiger charge is -2.43. The summed E-state index contributed by atoms with van der Waals surface area (Å²) >= 11 is 0. The molecule has 6 heteroatoms. The highest BCUT2D eigenvalue weighted by Crippen LogP contribution is 2.30. The average Bonchev–Trinajstić information content (AvgIpc) is 3.15. The summed E-state index contributed by atoms with van der Waals surface area (Å²) in [4.78, 5) is 25.1. The van der Waals surface area contributed by atoms with Crippen molar-refractivity contribution in [2.75, 3.05) is 26.2 Å². The summed E-state index contributed by atoms with van der Waals surface area (Å²) in [5.74, 6) is 0. The highest BCUT2D eigenvalue weighted by atomic mass is 16.1. The Kier molecular flexibility index (Phi) is 5.44. The fraction of sp³-hybridized carbons (Fsp3) is 0.500. The molecule has 1 unspecified atom stereocenters. The average molecular weight is 406 g/mol. The molecular weight excluding hydrogens is 374 g/mol. The molecule has 3 aromatic rings. The van der Waals surface area contributed by atoms with E-state index in [0.29, 0.717) is 18.1 Å². The normalized spacial score (nSPS) is 21.2. The first-order valence-electron chi connectivity index (χ1n) is 11.3. The fourth-order valence-electron chi connectivity index (χ4n) is 5.42. The second-order valence-corrected chi connectivity index (χ2v) is 8.81. The van der Waals surface area contributed by atoms with Gasteiger partial charge in [-0.3, -0.25) is 14.5 Å². The molecule has 1 N–H and O–H groups in total. The number of imidazole rings is 1. The van der Waals surface area contributed by atoms with E-state index in [9.17, 15) is 4.79 Å². The van der Waals surface area contributed by atoms with Crippen LogP contribution in [-0.2, 0) is 0 Å². The number of hydrogen-bond donors (Lipinski definition) is 1. The van der Waals surface area contributed by atoms with E-state index in [2.05, 4.69) is 38.8 Å². The third kappa shape index (κ3) is 3.70. The number of para-hydroxylation sites is 2. The van der Waals surface area contributed by atoms with Crippen LogP contribution in [0, 0.1) is 0 Å². The molecule has 0 amide bonds. The number of hydrogen-bond acceptors (Lipinski definition) is 4. The van der Waals surface area contributed by atoms with Crippen molar-refractivity contribution in [1.82, 2.24) is 24.3 Å². The van der Waals surface area contributed by atoms with E-state index in [-0.39, 0.29) is 5.69 Å². The third-order valence-corrected chi connectivity index (χ3v) is 7.22. The number of aromatic amines is 1. The van der Waals surface area contributed by atoms with Gasteiger partial charge in [0.1, 0.15) is 0 Å². The molecule has 1 aromatic carbocycles. The van der Waals surface area contributed by atoms with Crippen LogP contribution in [-0.4, -0.2) is 56.6 Å². The number of H-pyrrole nitrogens is 1. The number of piperidine rings is 2. The van der Waals surface area contributed by atoms with E-state index in [4.69, 9.17) is 0 Å². The number of aromatic nitrogens is 3. The van der Waals surface area contributed by atoms with Gasteiger partial charge in [-0.25, -0.2) is 4.79 Å². The zero-order valence-corrected chi connectivity index (χ0v) is 17.7. The fourth-order valence-corrected chi connectivity index (χ4v) is 5.42. The van der Waals surface area contributed by atoms with Crippen LogP contribution in [0.3, 0.4) is 0 Å². The molecule has 158 valence electrons. The van der Waals surface area contributed by atoms with Crippen molar-refractivity contribution >= 4 is 11.0 Å². The molecule has 0 spiro atoms. The van der Waals surface area contributed by atoms with Crippen LogP contribution in [0.2, 0.25) is 0 Å². The number of nitrogens with one attached hydrogen (secondary N) is 1. The minimum atomic E-state index is 0.0346. The molecular formula is C24H31N5O. The van der Waals surface area contributed by atoms with E-state index >= 15 is 0 Å². The molecule has 30 heavy (non-hydrogen) atoms. The first-order valence-corrected chi connectivity index (χ1v) is 11.3. The molecule has 4 heterocycles. The summed E-state index contributed by atoms with van der Waals surface area (Å²) in [6.07, 6.45) is 8.39. The highest BCUT2D eigenvalue weighted by molar-refractivity contribution is 5.75. The molecule has 2 aliphatic rings. The molecule has 2 saturated heterocycles. The molecule has 0 radical (unpaired) electrons. The van der Waals surface area contributed by atoms with Crippen LogP contribution in [0.25, 0.3) is 11.0 Å². The largest absolute Gasteiger partial charge is 0.326 e. The number of fused-ring (bicyclic) bond motifs is 1. The number of benzene rings is 1. The van der Waals surface area contributed by atoms with Crippen LogP contribution in [0.5, 0.6) is 0 Å². The maximum absolute atomic E-state index is 12.5. The molecule has 1 atom stereocenters. The van der Waals surface area contributed by atoms with E-state index in [0.717, 1.165) is 50.1 Å². The van der Waals surface area contributed by atoms with Crippen LogP contribution in [0.1, 0.15) is 50.3 Å². The topological polar surface area (TPSA) is 57.2 Å². The lowest BCUT2D eigenvalue weighted by molar-refractivity contribution is 0.0656. The van der Waals surface area contributed by atoms with Crippen molar-refractivity contribution in [2.24, 2.45) is 0 Å². The van der Waals surface area contributed by atoms with Gasteiger partial charge in [0.2, 0.25) is 0 Å². The van der Waals surface area contributed by atoms with Gasteiger partial charge in [-0.15, -0.1) is 0 Å². The van der Waals surface area contributed by atoms with Crippen LogP contribution in [0.15, 0.2) is 53.6 Å². The van der Waals surface area contributed by atoms with E-state index in [1.54, 1.807) is 0 Å². The van der Waals surface area contributed by atoms with Crippen molar-refractivity contribution in [1.29, 1.82) is 0 Å². The van der Waals surface area contributed by atoms with Gasteiger partial charge in [-0.2, -0.15) is 0 Å². The second kappa shape index (κ2) is 8.36. The van der Waals surface area contributed by atoms with Crippen LogP contribution in [0.4, 0.5) is 0 Å². The van der Waals surface area contributed by atoms with Gasteiger partial charge >= 0.3 is 5.69 Å². The first kappa shape index (κ1) is 19.5. The zero-order valence-electron chi connectivity index (χ0n) is 17.7. The molecule has 2 aromatic heterocycles.